The van der Waals surface area contributed by atoms with E-state index < -0.39 is 0 Å². The molecule has 1 aromatic heterocycles. The maximum Gasteiger partial charge on any atom is 0.253 e. The van der Waals surface area contributed by atoms with E-state index in [9.17, 15) is 9.59 Å². The number of methoxy groups -OCH3 is 1. The van der Waals surface area contributed by atoms with Crippen molar-refractivity contribution in [2.45, 2.75) is 13.5 Å². The lowest BCUT2D eigenvalue weighted by Gasteiger charge is -2.07. The van der Waals surface area contributed by atoms with Gasteiger partial charge < -0.3 is 10.1 Å². The molecule has 0 unspecified atom stereocenters. The first kappa shape index (κ1) is 13.8. The Morgan fingerprint density at radius 1 is 1.35 bits per heavy atom. The Balaban J connectivity index is 2.03. The van der Waals surface area contributed by atoms with Gasteiger partial charge in [-0.05, 0) is 31.2 Å². The first-order valence-corrected chi connectivity index (χ1v) is 6.05. The molecule has 0 radical (unpaired) electrons. The highest BCUT2D eigenvalue weighted by Gasteiger charge is 2.05. The molecule has 6 nitrogen and oxygen atoms in total. The molecule has 0 atom stereocenters. The third-order valence-corrected chi connectivity index (χ3v) is 2.70. The summed E-state index contributed by atoms with van der Waals surface area (Å²) in [5.41, 5.74) is 1.02. The number of hydrogen-bond acceptors (Lipinski definition) is 4. The molecular formula is C14H15N3O3. The van der Waals surface area contributed by atoms with Crippen molar-refractivity contribution in [2.24, 2.45) is 0 Å². The number of aryl methyl sites for hydroxylation is 1. The molecule has 0 spiro atoms. The molecule has 2 aromatic rings. The lowest BCUT2D eigenvalue weighted by atomic mass is 10.3. The number of nitrogens with one attached hydrogen (secondary N) is 1. The minimum Gasteiger partial charge on any atom is -0.497 e. The molecule has 6 heteroatoms. The van der Waals surface area contributed by atoms with Crippen LogP contribution in [0.5, 0.6) is 5.75 Å². The van der Waals surface area contributed by atoms with Gasteiger partial charge >= 0.3 is 0 Å². The Morgan fingerprint density at radius 3 is 2.65 bits per heavy atom. The summed E-state index contributed by atoms with van der Waals surface area (Å²) in [5, 5.41) is 2.70. The first-order chi connectivity index (χ1) is 9.58. The molecule has 1 aromatic carbocycles. The van der Waals surface area contributed by atoms with Gasteiger partial charge in [0.1, 0.15) is 12.3 Å². The smallest absolute Gasteiger partial charge is 0.253 e. The summed E-state index contributed by atoms with van der Waals surface area (Å²) in [6, 6.07) is 8.34. The summed E-state index contributed by atoms with van der Waals surface area (Å²) in [5.74, 6) is 0.421. The third kappa shape index (κ3) is 3.44. The predicted octanol–water partition coefficient (Wildman–Crippen LogP) is 1.20. The fourth-order valence-corrected chi connectivity index (χ4v) is 1.66. The Hall–Kier alpha value is -2.63. The van der Waals surface area contributed by atoms with Crippen LogP contribution in [0.3, 0.4) is 0 Å². The van der Waals surface area contributed by atoms with Crippen molar-refractivity contribution < 1.29 is 9.53 Å². The largest absolute Gasteiger partial charge is 0.497 e. The topological polar surface area (TPSA) is 73.2 Å². The number of hydrogen-bond donors (Lipinski definition) is 1. The normalized spacial score (nSPS) is 10.1. The Kier molecular flexibility index (Phi) is 4.14. The average Bonchev–Trinajstić information content (AvgIpc) is 2.43. The highest BCUT2D eigenvalue weighted by molar-refractivity contribution is 5.90. The van der Waals surface area contributed by atoms with Gasteiger partial charge in [-0.3, -0.25) is 14.2 Å². The zero-order valence-corrected chi connectivity index (χ0v) is 11.3. The van der Waals surface area contributed by atoms with E-state index in [2.05, 4.69) is 10.3 Å². The molecule has 104 valence electrons. The van der Waals surface area contributed by atoms with Gasteiger partial charge in [0, 0.05) is 17.4 Å². The molecule has 1 heterocycles. The van der Waals surface area contributed by atoms with E-state index >= 15 is 0 Å². The zero-order valence-electron chi connectivity index (χ0n) is 11.3. The number of ether oxygens (including phenoxy) is 1. The number of carbonyl (C=O) groups excluding carboxylic acids is 1. The van der Waals surface area contributed by atoms with Crippen molar-refractivity contribution >= 4 is 11.6 Å². The Bertz CT molecular complexity index is 662. The SMILES string of the molecule is COc1ccc(NC(=O)Cn2cnc(C)cc2=O)cc1. The van der Waals surface area contributed by atoms with Crippen LogP contribution in [0, 0.1) is 6.92 Å². The highest BCUT2D eigenvalue weighted by Crippen LogP contribution is 2.14. The summed E-state index contributed by atoms with van der Waals surface area (Å²) < 4.78 is 6.29. The van der Waals surface area contributed by atoms with Crippen molar-refractivity contribution in [3.05, 3.63) is 52.7 Å². The van der Waals surface area contributed by atoms with Gasteiger partial charge in [0.25, 0.3) is 5.56 Å². The Labute approximate surface area is 116 Å². The number of amides is 1. The molecule has 1 N–H and O–H groups in total. The molecule has 0 aliphatic carbocycles. The van der Waals surface area contributed by atoms with E-state index in [0.717, 1.165) is 0 Å². The second kappa shape index (κ2) is 6.01. The van der Waals surface area contributed by atoms with Crippen LogP contribution in [0.4, 0.5) is 5.69 Å². The maximum atomic E-state index is 11.8. The van der Waals surface area contributed by atoms with Gasteiger partial charge in [-0.2, -0.15) is 0 Å². The second-order valence-electron chi connectivity index (χ2n) is 4.27. The van der Waals surface area contributed by atoms with Crippen molar-refractivity contribution in [1.29, 1.82) is 0 Å². The van der Waals surface area contributed by atoms with E-state index in [0.29, 0.717) is 17.1 Å². The summed E-state index contributed by atoms with van der Waals surface area (Å²) in [4.78, 5) is 27.5. The van der Waals surface area contributed by atoms with Gasteiger partial charge in [0.05, 0.1) is 13.4 Å². The van der Waals surface area contributed by atoms with Crippen LogP contribution in [0.2, 0.25) is 0 Å². The number of aromatic nitrogens is 2. The van der Waals surface area contributed by atoms with Crippen LogP contribution in [-0.2, 0) is 11.3 Å². The monoisotopic (exact) mass is 273 g/mol. The van der Waals surface area contributed by atoms with Crippen molar-refractivity contribution in [3.8, 4) is 5.75 Å². The van der Waals surface area contributed by atoms with Crippen LogP contribution in [0.15, 0.2) is 41.5 Å². The summed E-state index contributed by atoms with van der Waals surface area (Å²) in [6.07, 6.45) is 1.37. The van der Waals surface area contributed by atoms with Crippen LogP contribution < -0.4 is 15.6 Å². The van der Waals surface area contributed by atoms with Crippen LogP contribution >= 0.6 is 0 Å². The van der Waals surface area contributed by atoms with Crippen molar-refractivity contribution in [3.63, 3.8) is 0 Å². The van der Waals surface area contributed by atoms with Crippen molar-refractivity contribution in [1.82, 2.24) is 9.55 Å². The lowest BCUT2D eigenvalue weighted by Crippen LogP contribution is -2.27. The fourth-order valence-electron chi connectivity index (χ4n) is 1.66. The highest BCUT2D eigenvalue weighted by atomic mass is 16.5. The number of benzene rings is 1. The molecule has 0 aliphatic rings. The maximum absolute atomic E-state index is 11.8. The molecule has 2 rings (SSSR count). The third-order valence-electron chi connectivity index (χ3n) is 2.70. The zero-order chi connectivity index (χ0) is 14.5. The Morgan fingerprint density at radius 2 is 2.05 bits per heavy atom. The number of nitrogens with zero attached hydrogens (tertiary/aromatic N) is 2. The van der Waals surface area contributed by atoms with Crippen LogP contribution in [-0.4, -0.2) is 22.6 Å². The minimum atomic E-state index is -0.289. The summed E-state index contributed by atoms with van der Waals surface area (Å²) >= 11 is 0. The molecular weight excluding hydrogens is 258 g/mol. The van der Waals surface area contributed by atoms with E-state index in [1.807, 2.05) is 0 Å². The van der Waals surface area contributed by atoms with E-state index in [1.165, 1.54) is 17.0 Å². The molecule has 1 amide bonds. The molecule has 0 fully saturated rings. The first-order valence-electron chi connectivity index (χ1n) is 6.05. The average molecular weight is 273 g/mol. The quantitative estimate of drug-likeness (QED) is 0.908. The standard InChI is InChI=1S/C14H15N3O3/c1-10-7-14(19)17(9-15-10)8-13(18)16-11-3-5-12(20-2)6-4-11/h3-7,9H,8H2,1-2H3,(H,16,18). The summed E-state index contributed by atoms with van der Waals surface area (Å²) in [6.45, 7) is 1.65. The van der Waals surface area contributed by atoms with E-state index in [-0.39, 0.29) is 18.0 Å². The predicted molar refractivity (Wildman–Crippen MR) is 74.9 cm³/mol. The van der Waals surface area contributed by atoms with Crippen molar-refractivity contribution in [2.75, 3.05) is 12.4 Å². The number of anilines is 1. The molecule has 0 saturated heterocycles. The second-order valence-corrected chi connectivity index (χ2v) is 4.27. The van der Waals surface area contributed by atoms with Gasteiger partial charge in [0.2, 0.25) is 5.91 Å². The van der Waals surface area contributed by atoms with Gasteiger partial charge in [0.15, 0.2) is 0 Å². The van der Waals surface area contributed by atoms with Crippen LogP contribution in [0.25, 0.3) is 0 Å². The molecule has 0 bridgehead atoms. The minimum absolute atomic E-state index is 0.0713. The van der Waals surface area contributed by atoms with Gasteiger partial charge in [-0.25, -0.2) is 4.98 Å². The van der Waals surface area contributed by atoms with Gasteiger partial charge in [-0.1, -0.05) is 0 Å². The molecule has 0 saturated carbocycles. The van der Waals surface area contributed by atoms with Crippen LogP contribution in [0.1, 0.15) is 5.69 Å². The molecule has 20 heavy (non-hydrogen) atoms. The molecule has 0 aliphatic heterocycles. The summed E-state index contributed by atoms with van der Waals surface area (Å²) in [7, 11) is 1.57. The van der Waals surface area contributed by atoms with Gasteiger partial charge in [-0.15, -0.1) is 0 Å². The number of carbonyl (C=O) groups is 1. The fraction of sp³-hybridized carbons (Fsp3) is 0.214. The van der Waals surface area contributed by atoms with E-state index in [4.69, 9.17) is 4.74 Å². The van der Waals surface area contributed by atoms with E-state index in [1.54, 1.807) is 38.3 Å². The lowest BCUT2D eigenvalue weighted by molar-refractivity contribution is -0.116. The number of rotatable bonds is 4.